The molecule has 1 amide bonds. The molecule has 0 saturated heterocycles. The minimum atomic E-state index is -0.347. The van der Waals surface area contributed by atoms with Crippen LogP contribution in [0.3, 0.4) is 0 Å². The first kappa shape index (κ1) is 14.2. The number of amides is 1. The van der Waals surface area contributed by atoms with Gasteiger partial charge in [-0.25, -0.2) is 4.39 Å². The molecule has 0 spiro atoms. The minimum absolute atomic E-state index is 0.0967. The standard InChI is InChI=1S/C18H15FN2O/c19-14-7-8-16-15(12-14)17(10-11-20-16)21-18(22)9-6-13-4-2-1-3-5-13/h1-5,7-8,10-12H,6,9H2,(H,20,21,22). The molecule has 0 aliphatic rings. The quantitative estimate of drug-likeness (QED) is 0.791. The Morgan fingerprint density at radius 1 is 1.09 bits per heavy atom. The van der Waals surface area contributed by atoms with Crippen LogP contribution < -0.4 is 5.32 Å². The van der Waals surface area contributed by atoms with Crippen molar-refractivity contribution in [3.8, 4) is 0 Å². The number of anilines is 1. The van der Waals surface area contributed by atoms with Crippen LogP contribution in [0.15, 0.2) is 60.8 Å². The number of carbonyl (C=O) groups is 1. The predicted molar refractivity (Wildman–Crippen MR) is 85.1 cm³/mol. The van der Waals surface area contributed by atoms with Crippen molar-refractivity contribution in [1.82, 2.24) is 4.98 Å². The van der Waals surface area contributed by atoms with Crippen molar-refractivity contribution in [1.29, 1.82) is 0 Å². The highest BCUT2D eigenvalue weighted by Crippen LogP contribution is 2.22. The molecule has 0 aliphatic heterocycles. The number of hydrogen-bond acceptors (Lipinski definition) is 2. The molecule has 0 radical (unpaired) electrons. The van der Waals surface area contributed by atoms with E-state index in [2.05, 4.69) is 10.3 Å². The second-order valence-electron chi connectivity index (χ2n) is 5.05. The Kier molecular flexibility index (Phi) is 4.10. The van der Waals surface area contributed by atoms with Crippen molar-refractivity contribution >= 4 is 22.5 Å². The van der Waals surface area contributed by atoms with Crippen molar-refractivity contribution < 1.29 is 9.18 Å². The number of carbonyl (C=O) groups excluding carboxylic acids is 1. The Hall–Kier alpha value is -2.75. The SMILES string of the molecule is O=C(CCc1ccccc1)Nc1ccnc2ccc(F)cc12. The van der Waals surface area contributed by atoms with E-state index in [0.717, 1.165) is 5.56 Å². The zero-order valence-corrected chi connectivity index (χ0v) is 11.9. The second-order valence-corrected chi connectivity index (χ2v) is 5.05. The van der Waals surface area contributed by atoms with Gasteiger partial charge in [0.15, 0.2) is 0 Å². The summed E-state index contributed by atoms with van der Waals surface area (Å²) in [6.45, 7) is 0. The third kappa shape index (κ3) is 3.28. The Labute approximate surface area is 127 Å². The van der Waals surface area contributed by atoms with Gasteiger partial charge < -0.3 is 5.32 Å². The number of pyridine rings is 1. The average molecular weight is 294 g/mol. The van der Waals surface area contributed by atoms with Gasteiger partial charge in [0.05, 0.1) is 11.2 Å². The molecule has 0 aliphatic carbocycles. The molecular formula is C18H15FN2O. The molecule has 0 atom stereocenters. The molecule has 1 N–H and O–H groups in total. The van der Waals surface area contributed by atoms with Crippen LogP contribution in [0.5, 0.6) is 0 Å². The van der Waals surface area contributed by atoms with E-state index in [1.807, 2.05) is 30.3 Å². The summed E-state index contributed by atoms with van der Waals surface area (Å²) in [5.41, 5.74) is 2.35. The highest BCUT2D eigenvalue weighted by Gasteiger charge is 2.07. The third-order valence-electron chi connectivity index (χ3n) is 3.46. The van der Waals surface area contributed by atoms with Crippen LogP contribution in [0.2, 0.25) is 0 Å². The number of halogens is 1. The van der Waals surface area contributed by atoms with E-state index < -0.39 is 0 Å². The fourth-order valence-electron chi connectivity index (χ4n) is 2.34. The summed E-state index contributed by atoms with van der Waals surface area (Å²) < 4.78 is 13.4. The molecule has 0 unspecified atom stereocenters. The number of hydrogen-bond donors (Lipinski definition) is 1. The molecule has 2 aromatic carbocycles. The normalized spacial score (nSPS) is 10.6. The average Bonchev–Trinajstić information content (AvgIpc) is 2.54. The number of nitrogens with one attached hydrogen (secondary N) is 1. The van der Waals surface area contributed by atoms with Crippen molar-refractivity contribution in [2.45, 2.75) is 12.8 Å². The van der Waals surface area contributed by atoms with E-state index in [-0.39, 0.29) is 11.7 Å². The predicted octanol–water partition coefficient (Wildman–Crippen LogP) is 3.95. The molecule has 110 valence electrons. The molecule has 0 saturated carbocycles. The van der Waals surface area contributed by atoms with Crippen LogP contribution in [0.25, 0.3) is 10.9 Å². The smallest absolute Gasteiger partial charge is 0.224 e. The lowest BCUT2D eigenvalue weighted by Crippen LogP contribution is -2.12. The summed E-state index contributed by atoms with van der Waals surface area (Å²) in [5.74, 6) is -0.444. The summed E-state index contributed by atoms with van der Waals surface area (Å²) in [6, 6.07) is 15.9. The molecule has 3 aromatic rings. The van der Waals surface area contributed by atoms with Crippen molar-refractivity contribution in [3.05, 3.63) is 72.2 Å². The van der Waals surface area contributed by atoms with E-state index in [4.69, 9.17) is 0 Å². The number of nitrogens with zero attached hydrogens (tertiary/aromatic N) is 1. The van der Waals surface area contributed by atoms with Crippen molar-refractivity contribution in [2.24, 2.45) is 0 Å². The van der Waals surface area contributed by atoms with Crippen LogP contribution in [-0.4, -0.2) is 10.9 Å². The van der Waals surface area contributed by atoms with Crippen molar-refractivity contribution in [2.75, 3.05) is 5.32 Å². The molecule has 0 bridgehead atoms. The fraction of sp³-hybridized carbons (Fsp3) is 0.111. The van der Waals surface area contributed by atoms with E-state index in [1.165, 1.54) is 12.1 Å². The maximum absolute atomic E-state index is 13.4. The maximum atomic E-state index is 13.4. The van der Waals surface area contributed by atoms with Gasteiger partial charge in [-0.05, 0) is 36.2 Å². The lowest BCUT2D eigenvalue weighted by Gasteiger charge is -2.08. The summed E-state index contributed by atoms with van der Waals surface area (Å²) >= 11 is 0. The highest BCUT2D eigenvalue weighted by molar-refractivity contribution is 6.00. The maximum Gasteiger partial charge on any atom is 0.224 e. The van der Waals surface area contributed by atoms with Gasteiger partial charge in [-0.2, -0.15) is 0 Å². The Balaban J connectivity index is 1.73. The Morgan fingerprint density at radius 2 is 1.91 bits per heavy atom. The first-order chi connectivity index (χ1) is 10.7. The van der Waals surface area contributed by atoms with Gasteiger partial charge in [-0.3, -0.25) is 9.78 Å². The molecule has 3 nitrogen and oxygen atoms in total. The molecular weight excluding hydrogens is 279 g/mol. The number of fused-ring (bicyclic) bond motifs is 1. The molecule has 1 aromatic heterocycles. The second kappa shape index (κ2) is 6.35. The van der Waals surface area contributed by atoms with Gasteiger partial charge >= 0.3 is 0 Å². The van der Waals surface area contributed by atoms with Crippen molar-refractivity contribution in [3.63, 3.8) is 0 Å². The van der Waals surface area contributed by atoms with Gasteiger partial charge in [0, 0.05) is 18.0 Å². The van der Waals surface area contributed by atoms with Gasteiger partial charge in [-0.1, -0.05) is 30.3 Å². The molecule has 1 heterocycles. The molecule has 22 heavy (non-hydrogen) atoms. The highest BCUT2D eigenvalue weighted by atomic mass is 19.1. The van der Waals surface area contributed by atoms with Crippen LogP contribution in [0.1, 0.15) is 12.0 Å². The van der Waals surface area contributed by atoms with Crippen LogP contribution in [0, 0.1) is 5.82 Å². The molecule has 4 heteroatoms. The van der Waals surface area contributed by atoms with Crippen LogP contribution >= 0.6 is 0 Å². The minimum Gasteiger partial charge on any atom is -0.325 e. The Bertz CT molecular complexity index is 803. The lowest BCUT2D eigenvalue weighted by atomic mass is 10.1. The van der Waals surface area contributed by atoms with Gasteiger partial charge in [-0.15, -0.1) is 0 Å². The number of aryl methyl sites for hydroxylation is 1. The first-order valence-corrected chi connectivity index (χ1v) is 7.10. The summed E-state index contributed by atoms with van der Waals surface area (Å²) in [5, 5.41) is 3.44. The fourth-order valence-corrected chi connectivity index (χ4v) is 2.34. The van der Waals surface area contributed by atoms with E-state index in [1.54, 1.807) is 18.3 Å². The lowest BCUT2D eigenvalue weighted by molar-refractivity contribution is -0.116. The van der Waals surface area contributed by atoms with Gasteiger partial charge in [0.25, 0.3) is 0 Å². The largest absolute Gasteiger partial charge is 0.325 e. The third-order valence-corrected chi connectivity index (χ3v) is 3.46. The zero-order chi connectivity index (χ0) is 15.4. The summed E-state index contributed by atoms with van der Waals surface area (Å²) in [6.07, 6.45) is 2.65. The molecule has 3 rings (SSSR count). The van der Waals surface area contributed by atoms with Gasteiger partial charge in [0.2, 0.25) is 5.91 Å². The monoisotopic (exact) mass is 294 g/mol. The van der Waals surface area contributed by atoms with Crippen LogP contribution in [0.4, 0.5) is 10.1 Å². The summed E-state index contributed by atoms with van der Waals surface area (Å²) in [4.78, 5) is 16.3. The molecule has 0 fully saturated rings. The summed E-state index contributed by atoms with van der Waals surface area (Å²) in [7, 11) is 0. The van der Waals surface area contributed by atoms with Crippen LogP contribution in [-0.2, 0) is 11.2 Å². The van der Waals surface area contributed by atoms with E-state index in [0.29, 0.717) is 29.4 Å². The van der Waals surface area contributed by atoms with E-state index in [9.17, 15) is 9.18 Å². The number of aromatic nitrogens is 1. The first-order valence-electron chi connectivity index (χ1n) is 7.10. The van der Waals surface area contributed by atoms with E-state index >= 15 is 0 Å². The zero-order valence-electron chi connectivity index (χ0n) is 11.9. The number of benzene rings is 2. The van der Waals surface area contributed by atoms with Gasteiger partial charge in [0.1, 0.15) is 5.82 Å². The topological polar surface area (TPSA) is 42.0 Å². The number of rotatable bonds is 4. The Morgan fingerprint density at radius 3 is 2.73 bits per heavy atom.